The summed E-state index contributed by atoms with van der Waals surface area (Å²) in [4.78, 5) is 0.158. The molecule has 0 saturated heterocycles. The van der Waals surface area contributed by atoms with E-state index < -0.39 is 10.0 Å². The predicted octanol–water partition coefficient (Wildman–Crippen LogP) is 3.00. The van der Waals surface area contributed by atoms with Gasteiger partial charge in [-0.15, -0.1) is 0 Å². The van der Waals surface area contributed by atoms with Crippen LogP contribution in [0.25, 0.3) is 0 Å². The standard InChI is InChI=1S/C15H23ClN2O2S/c1-18(11-12-5-3-2-4-6-12)21(19,20)15-9-13(10-17)7-8-14(15)16/h7-9,12H,2-6,10-11,17H2,1H3. The number of hydrogen-bond donors (Lipinski definition) is 1. The molecule has 1 aliphatic rings. The van der Waals surface area contributed by atoms with Gasteiger partial charge in [0.05, 0.1) is 5.02 Å². The van der Waals surface area contributed by atoms with E-state index in [0.29, 0.717) is 19.0 Å². The maximum absolute atomic E-state index is 12.7. The van der Waals surface area contributed by atoms with E-state index >= 15 is 0 Å². The van der Waals surface area contributed by atoms with Gasteiger partial charge in [0.15, 0.2) is 0 Å². The van der Waals surface area contributed by atoms with Crippen molar-refractivity contribution in [1.82, 2.24) is 4.31 Å². The van der Waals surface area contributed by atoms with Gasteiger partial charge in [0.2, 0.25) is 10.0 Å². The first kappa shape index (κ1) is 16.7. The summed E-state index contributed by atoms with van der Waals surface area (Å²) in [5.74, 6) is 0.454. The minimum atomic E-state index is -3.56. The van der Waals surface area contributed by atoms with Crippen molar-refractivity contribution >= 4 is 21.6 Å². The lowest BCUT2D eigenvalue weighted by atomic mass is 9.89. The fraction of sp³-hybridized carbons (Fsp3) is 0.600. The van der Waals surface area contributed by atoms with Crippen LogP contribution < -0.4 is 5.73 Å². The summed E-state index contributed by atoms with van der Waals surface area (Å²) in [5.41, 5.74) is 6.35. The van der Waals surface area contributed by atoms with E-state index in [1.165, 1.54) is 23.6 Å². The van der Waals surface area contributed by atoms with Crippen molar-refractivity contribution in [2.75, 3.05) is 13.6 Å². The Morgan fingerprint density at radius 2 is 1.95 bits per heavy atom. The van der Waals surface area contributed by atoms with Crippen LogP contribution in [-0.2, 0) is 16.6 Å². The Labute approximate surface area is 132 Å². The highest BCUT2D eigenvalue weighted by atomic mass is 35.5. The molecule has 0 spiro atoms. The van der Waals surface area contributed by atoms with Gasteiger partial charge >= 0.3 is 0 Å². The van der Waals surface area contributed by atoms with Gasteiger partial charge in [-0.3, -0.25) is 0 Å². The average molecular weight is 331 g/mol. The molecule has 0 aliphatic heterocycles. The molecule has 0 amide bonds. The maximum Gasteiger partial charge on any atom is 0.244 e. The van der Waals surface area contributed by atoms with E-state index in [2.05, 4.69) is 0 Å². The van der Waals surface area contributed by atoms with E-state index in [-0.39, 0.29) is 9.92 Å². The average Bonchev–Trinajstić information content (AvgIpc) is 2.48. The lowest BCUT2D eigenvalue weighted by Crippen LogP contribution is -2.33. The molecule has 0 atom stereocenters. The Balaban J connectivity index is 2.20. The van der Waals surface area contributed by atoms with Gasteiger partial charge in [0.1, 0.15) is 4.90 Å². The van der Waals surface area contributed by atoms with Crippen molar-refractivity contribution in [2.45, 2.75) is 43.5 Å². The number of rotatable bonds is 5. The van der Waals surface area contributed by atoms with E-state index in [0.717, 1.165) is 18.4 Å². The third-order valence-corrected chi connectivity index (χ3v) is 6.46. The highest BCUT2D eigenvalue weighted by Crippen LogP contribution is 2.29. The summed E-state index contributed by atoms with van der Waals surface area (Å²) in [6.45, 7) is 0.859. The molecule has 0 radical (unpaired) electrons. The number of benzene rings is 1. The lowest BCUT2D eigenvalue weighted by Gasteiger charge is -2.27. The Bertz CT molecular complexity index is 583. The quantitative estimate of drug-likeness (QED) is 0.902. The van der Waals surface area contributed by atoms with E-state index in [1.54, 1.807) is 25.2 Å². The Morgan fingerprint density at radius 1 is 1.29 bits per heavy atom. The Kier molecular flexibility index (Phi) is 5.66. The molecule has 1 aromatic rings. The Morgan fingerprint density at radius 3 is 2.57 bits per heavy atom. The molecular formula is C15H23ClN2O2S. The number of nitrogens with zero attached hydrogens (tertiary/aromatic N) is 1. The van der Waals surface area contributed by atoms with Crippen LogP contribution >= 0.6 is 11.6 Å². The fourth-order valence-corrected chi connectivity index (χ4v) is 4.64. The zero-order valence-corrected chi connectivity index (χ0v) is 14.0. The second kappa shape index (κ2) is 7.09. The van der Waals surface area contributed by atoms with Crippen molar-refractivity contribution in [1.29, 1.82) is 0 Å². The van der Waals surface area contributed by atoms with Crippen LogP contribution in [0.1, 0.15) is 37.7 Å². The van der Waals surface area contributed by atoms with Gasteiger partial charge in [0, 0.05) is 20.1 Å². The minimum Gasteiger partial charge on any atom is -0.326 e. The first-order valence-electron chi connectivity index (χ1n) is 7.40. The van der Waals surface area contributed by atoms with Crippen molar-refractivity contribution in [2.24, 2.45) is 11.7 Å². The first-order chi connectivity index (χ1) is 9.95. The van der Waals surface area contributed by atoms with Crippen molar-refractivity contribution < 1.29 is 8.42 Å². The molecule has 21 heavy (non-hydrogen) atoms. The normalized spacial score (nSPS) is 17.3. The number of hydrogen-bond acceptors (Lipinski definition) is 3. The largest absolute Gasteiger partial charge is 0.326 e. The molecule has 1 saturated carbocycles. The molecule has 2 rings (SSSR count). The van der Waals surface area contributed by atoms with Gasteiger partial charge in [-0.25, -0.2) is 12.7 Å². The second-order valence-corrected chi connectivity index (χ2v) is 8.18. The molecule has 0 heterocycles. The zero-order valence-electron chi connectivity index (χ0n) is 12.4. The summed E-state index contributed by atoms with van der Waals surface area (Å²) in [6.07, 6.45) is 5.87. The third kappa shape index (κ3) is 3.97. The van der Waals surface area contributed by atoms with Crippen molar-refractivity contribution in [3.63, 3.8) is 0 Å². The number of halogens is 1. The van der Waals surface area contributed by atoms with Gasteiger partial charge in [-0.05, 0) is 36.5 Å². The summed E-state index contributed by atoms with van der Waals surface area (Å²) < 4.78 is 26.8. The monoisotopic (exact) mass is 330 g/mol. The van der Waals surface area contributed by atoms with Crippen LogP contribution in [0.3, 0.4) is 0 Å². The zero-order chi connectivity index (χ0) is 15.5. The van der Waals surface area contributed by atoms with Gasteiger partial charge in [-0.2, -0.15) is 0 Å². The SMILES string of the molecule is CN(CC1CCCCC1)S(=O)(=O)c1cc(CN)ccc1Cl. The van der Waals surface area contributed by atoms with Crippen LogP contribution in [0, 0.1) is 5.92 Å². The Hall–Kier alpha value is -0.620. The molecule has 118 valence electrons. The molecule has 1 aliphatic carbocycles. The van der Waals surface area contributed by atoms with Crippen LogP contribution in [0.2, 0.25) is 5.02 Å². The van der Waals surface area contributed by atoms with Crippen LogP contribution in [0.4, 0.5) is 0 Å². The molecule has 6 heteroatoms. The van der Waals surface area contributed by atoms with Crippen molar-refractivity contribution in [3.05, 3.63) is 28.8 Å². The molecule has 1 aromatic carbocycles. The summed E-state index contributed by atoms with van der Waals surface area (Å²) >= 11 is 6.08. The summed E-state index contributed by atoms with van der Waals surface area (Å²) in [7, 11) is -1.92. The number of sulfonamides is 1. The first-order valence-corrected chi connectivity index (χ1v) is 9.22. The molecule has 0 bridgehead atoms. The van der Waals surface area contributed by atoms with Gasteiger partial charge in [0.25, 0.3) is 0 Å². The molecule has 2 N–H and O–H groups in total. The molecular weight excluding hydrogens is 308 g/mol. The maximum atomic E-state index is 12.7. The molecule has 0 unspecified atom stereocenters. The minimum absolute atomic E-state index is 0.158. The van der Waals surface area contributed by atoms with Crippen LogP contribution in [0.15, 0.2) is 23.1 Å². The highest BCUT2D eigenvalue weighted by molar-refractivity contribution is 7.89. The van der Waals surface area contributed by atoms with E-state index in [1.807, 2.05) is 0 Å². The van der Waals surface area contributed by atoms with Crippen LogP contribution in [-0.4, -0.2) is 26.3 Å². The van der Waals surface area contributed by atoms with E-state index in [9.17, 15) is 8.42 Å². The fourth-order valence-electron chi connectivity index (χ4n) is 2.87. The molecule has 0 aromatic heterocycles. The van der Waals surface area contributed by atoms with Gasteiger partial charge in [-0.1, -0.05) is 36.9 Å². The second-order valence-electron chi connectivity index (χ2n) is 5.76. The van der Waals surface area contributed by atoms with Gasteiger partial charge < -0.3 is 5.73 Å². The van der Waals surface area contributed by atoms with E-state index in [4.69, 9.17) is 17.3 Å². The van der Waals surface area contributed by atoms with Crippen molar-refractivity contribution in [3.8, 4) is 0 Å². The van der Waals surface area contributed by atoms with Crippen LogP contribution in [0.5, 0.6) is 0 Å². The number of nitrogens with two attached hydrogens (primary N) is 1. The lowest BCUT2D eigenvalue weighted by molar-refractivity contribution is 0.300. The summed E-state index contributed by atoms with van der Waals surface area (Å²) in [5, 5.41) is 0.252. The predicted molar refractivity (Wildman–Crippen MR) is 85.7 cm³/mol. The highest BCUT2D eigenvalue weighted by Gasteiger charge is 2.26. The molecule has 1 fully saturated rings. The molecule has 4 nitrogen and oxygen atoms in total. The third-order valence-electron chi connectivity index (χ3n) is 4.16. The topological polar surface area (TPSA) is 63.4 Å². The smallest absolute Gasteiger partial charge is 0.244 e. The summed E-state index contributed by atoms with van der Waals surface area (Å²) in [6, 6.07) is 4.93.